The summed E-state index contributed by atoms with van der Waals surface area (Å²) in [4.78, 5) is 12.0. The maximum Gasteiger partial charge on any atom is 0.268 e. The Bertz CT molecular complexity index is 388. The van der Waals surface area contributed by atoms with E-state index in [0.717, 1.165) is 19.4 Å². The Kier molecular flexibility index (Phi) is 5.71. The third kappa shape index (κ3) is 4.07. The van der Waals surface area contributed by atoms with Crippen molar-refractivity contribution in [2.75, 3.05) is 12.3 Å². The number of anilines is 1. The summed E-state index contributed by atoms with van der Waals surface area (Å²) >= 11 is 0. The predicted octanol–water partition coefficient (Wildman–Crippen LogP) is 1.37. The first-order chi connectivity index (χ1) is 8.58. The number of aliphatic hydroxyl groups is 1. The lowest BCUT2D eigenvalue weighted by atomic mass is 10.2. The fraction of sp³-hybridized carbons (Fsp3) is 0.615. The molecule has 0 radical (unpaired) electrons. The van der Waals surface area contributed by atoms with Crippen LogP contribution in [0.1, 0.15) is 43.6 Å². The van der Waals surface area contributed by atoms with Gasteiger partial charge in [-0.05, 0) is 18.9 Å². The first kappa shape index (κ1) is 14.6. The van der Waals surface area contributed by atoms with Gasteiger partial charge in [0.2, 0.25) is 0 Å². The monoisotopic (exact) mass is 253 g/mol. The summed E-state index contributed by atoms with van der Waals surface area (Å²) in [5, 5.41) is 12.3. The number of nitrogen functional groups attached to an aromatic ring is 1. The van der Waals surface area contributed by atoms with E-state index in [1.54, 1.807) is 12.3 Å². The highest BCUT2D eigenvalue weighted by Crippen LogP contribution is 2.11. The molecule has 1 heterocycles. The van der Waals surface area contributed by atoms with E-state index in [9.17, 15) is 9.90 Å². The Labute approximate surface area is 108 Å². The molecule has 102 valence electrons. The molecule has 1 aromatic heterocycles. The number of hydrogen-bond acceptors (Lipinski definition) is 3. The second kappa shape index (κ2) is 7.06. The average molecular weight is 253 g/mol. The fourth-order valence-electron chi connectivity index (χ4n) is 1.89. The van der Waals surface area contributed by atoms with Crippen LogP contribution in [0, 0.1) is 0 Å². The number of aromatic nitrogens is 1. The second-order valence-electron chi connectivity index (χ2n) is 4.50. The number of hydrogen-bond donors (Lipinski definition) is 3. The van der Waals surface area contributed by atoms with E-state index in [1.165, 1.54) is 0 Å². The highest BCUT2D eigenvalue weighted by molar-refractivity contribution is 5.93. The maximum atomic E-state index is 12.0. The first-order valence-electron chi connectivity index (χ1n) is 6.50. The fourth-order valence-corrected chi connectivity index (χ4v) is 1.89. The van der Waals surface area contributed by atoms with Crippen molar-refractivity contribution in [3.63, 3.8) is 0 Å². The van der Waals surface area contributed by atoms with Gasteiger partial charge < -0.3 is 20.7 Å². The number of carbonyl (C=O) groups excluding carboxylic acids is 1. The Morgan fingerprint density at radius 2 is 2.22 bits per heavy atom. The van der Waals surface area contributed by atoms with E-state index in [0.29, 0.717) is 17.8 Å². The van der Waals surface area contributed by atoms with Gasteiger partial charge in [-0.15, -0.1) is 0 Å². The smallest absolute Gasteiger partial charge is 0.268 e. The molecule has 1 unspecified atom stereocenters. The second-order valence-corrected chi connectivity index (χ2v) is 4.50. The number of amides is 1. The lowest BCUT2D eigenvalue weighted by Gasteiger charge is -2.12. The molecule has 1 atom stereocenters. The van der Waals surface area contributed by atoms with Gasteiger partial charge in [0.05, 0.1) is 11.8 Å². The Hall–Kier alpha value is -1.49. The quantitative estimate of drug-likeness (QED) is 0.686. The molecule has 0 saturated heterocycles. The summed E-state index contributed by atoms with van der Waals surface area (Å²) in [6.45, 7) is 5.09. The van der Waals surface area contributed by atoms with Crippen LogP contribution in [-0.2, 0) is 6.54 Å². The number of aliphatic hydroxyl groups excluding tert-OH is 1. The summed E-state index contributed by atoms with van der Waals surface area (Å²) < 4.78 is 1.84. The minimum Gasteiger partial charge on any atom is -0.397 e. The Balaban J connectivity index is 2.60. The molecule has 0 aliphatic heterocycles. The van der Waals surface area contributed by atoms with E-state index in [1.807, 2.05) is 18.4 Å². The maximum absolute atomic E-state index is 12.0. The third-order valence-corrected chi connectivity index (χ3v) is 2.74. The van der Waals surface area contributed by atoms with Crippen molar-refractivity contribution in [3.8, 4) is 0 Å². The summed E-state index contributed by atoms with van der Waals surface area (Å²) in [5.74, 6) is -0.185. The van der Waals surface area contributed by atoms with Gasteiger partial charge >= 0.3 is 0 Å². The molecule has 0 aromatic carbocycles. The van der Waals surface area contributed by atoms with Crippen LogP contribution in [0.15, 0.2) is 12.3 Å². The average Bonchev–Trinajstić information content (AvgIpc) is 2.68. The predicted molar refractivity (Wildman–Crippen MR) is 72.4 cm³/mol. The van der Waals surface area contributed by atoms with E-state index in [2.05, 4.69) is 5.32 Å². The van der Waals surface area contributed by atoms with Crippen molar-refractivity contribution in [1.29, 1.82) is 0 Å². The number of nitrogens with two attached hydrogens (primary N) is 1. The summed E-state index contributed by atoms with van der Waals surface area (Å²) in [5.41, 5.74) is 6.84. The molecule has 0 spiro atoms. The van der Waals surface area contributed by atoms with Crippen molar-refractivity contribution in [3.05, 3.63) is 18.0 Å². The van der Waals surface area contributed by atoms with Crippen molar-refractivity contribution >= 4 is 11.6 Å². The van der Waals surface area contributed by atoms with E-state index < -0.39 is 6.10 Å². The Morgan fingerprint density at radius 3 is 2.83 bits per heavy atom. The standard InChI is InChI=1S/C13H23N3O2/c1-3-5-11(17)8-15-13(18)12-7-10(14)9-16(12)6-4-2/h7,9,11,17H,3-6,8,14H2,1-2H3,(H,15,18). The third-order valence-electron chi connectivity index (χ3n) is 2.74. The first-order valence-corrected chi connectivity index (χ1v) is 6.50. The van der Waals surface area contributed by atoms with Gasteiger partial charge in [0.1, 0.15) is 5.69 Å². The van der Waals surface area contributed by atoms with Crippen molar-refractivity contribution in [2.45, 2.75) is 45.8 Å². The highest BCUT2D eigenvalue weighted by Gasteiger charge is 2.13. The van der Waals surface area contributed by atoms with E-state index >= 15 is 0 Å². The molecule has 0 aliphatic rings. The van der Waals surface area contributed by atoms with Crippen LogP contribution in [0.5, 0.6) is 0 Å². The normalized spacial score (nSPS) is 12.4. The van der Waals surface area contributed by atoms with Gasteiger partial charge in [0.25, 0.3) is 5.91 Å². The molecule has 0 bridgehead atoms. The van der Waals surface area contributed by atoms with Crippen LogP contribution in [0.4, 0.5) is 5.69 Å². The lowest BCUT2D eigenvalue weighted by Crippen LogP contribution is -2.33. The summed E-state index contributed by atoms with van der Waals surface area (Å²) in [6.07, 6.45) is 3.81. The van der Waals surface area contributed by atoms with Gasteiger partial charge in [0.15, 0.2) is 0 Å². The molecule has 0 aliphatic carbocycles. The number of rotatable bonds is 7. The van der Waals surface area contributed by atoms with Crippen LogP contribution in [0.25, 0.3) is 0 Å². The lowest BCUT2D eigenvalue weighted by molar-refractivity contribution is 0.0901. The minimum absolute atomic E-state index is 0.185. The van der Waals surface area contributed by atoms with Gasteiger partial charge in [0, 0.05) is 19.3 Å². The van der Waals surface area contributed by atoms with Crippen LogP contribution in [0.3, 0.4) is 0 Å². The van der Waals surface area contributed by atoms with Crippen LogP contribution in [-0.4, -0.2) is 28.2 Å². The molecule has 1 aromatic rings. The zero-order valence-electron chi connectivity index (χ0n) is 11.1. The van der Waals surface area contributed by atoms with Crippen LogP contribution >= 0.6 is 0 Å². The zero-order valence-corrected chi connectivity index (χ0v) is 11.1. The molecular formula is C13H23N3O2. The number of aryl methyl sites for hydroxylation is 1. The molecule has 1 rings (SSSR count). The van der Waals surface area contributed by atoms with Gasteiger partial charge in [-0.3, -0.25) is 4.79 Å². The summed E-state index contributed by atoms with van der Waals surface area (Å²) in [7, 11) is 0. The SMILES string of the molecule is CCCC(O)CNC(=O)c1cc(N)cn1CCC. The molecule has 4 N–H and O–H groups in total. The zero-order chi connectivity index (χ0) is 13.5. The molecule has 1 amide bonds. The number of carbonyl (C=O) groups is 1. The van der Waals surface area contributed by atoms with Gasteiger partial charge in [-0.2, -0.15) is 0 Å². The molecular weight excluding hydrogens is 230 g/mol. The largest absolute Gasteiger partial charge is 0.397 e. The topological polar surface area (TPSA) is 80.3 Å². The molecule has 18 heavy (non-hydrogen) atoms. The number of nitrogens with one attached hydrogen (secondary N) is 1. The van der Waals surface area contributed by atoms with Gasteiger partial charge in [-0.1, -0.05) is 20.3 Å². The minimum atomic E-state index is -0.481. The van der Waals surface area contributed by atoms with Gasteiger partial charge in [-0.25, -0.2) is 0 Å². The highest BCUT2D eigenvalue weighted by atomic mass is 16.3. The molecule has 5 heteroatoms. The molecule has 0 fully saturated rings. The van der Waals surface area contributed by atoms with Crippen molar-refractivity contribution in [2.24, 2.45) is 0 Å². The van der Waals surface area contributed by atoms with Crippen molar-refractivity contribution < 1.29 is 9.90 Å². The van der Waals surface area contributed by atoms with Crippen molar-refractivity contribution in [1.82, 2.24) is 9.88 Å². The van der Waals surface area contributed by atoms with E-state index in [-0.39, 0.29) is 12.5 Å². The van der Waals surface area contributed by atoms with E-state index in [4.69, 9.17) is 5.73 Å². The van der Waals surface area contributed by atoms with Crippen LogP contribution < -0.4 is 11.1 Å². The number of nitrogens with zero attached hydrogens (tertiary/aromatic N) is 1. The van der Waals surface area contributed by atoms with Crippen LogP contribution in [0.2, 0.25) is 0 Å². The molecule has 0 saturated carbocycles. The molecule has 5 nitrogen and oxygen atoms in total. The summed E-state index contributed by atoms with van der Waals surface area (Å²) in [6, 6.07) is 1.66. The Morgan fingerprint density at radius 1 is 1.50 bits per heavy atom.